The third-order valence-corrected chi connectivity index (χ3v) is 4.62. The zero-order chi connectivity index (χ0) is 16.7. The minimum Gasteiger partial charge on any atom is -0.358 e. The Labute approximate surface area is 145 Å². The maximum absolute atomic E-state index is 12.8. The molecule has 4 nitrogen and oxygen atoms in total. The predicted molar refractivity (Wildman–Crippen MR) is 100 cm³/mol. The van der Waals surface area contributed by atoms with Gasteiger partial charge in [-0.05, 0) is 48.8 Å². The first-order valence-corrected chi connectivity index (χ1v) is 8.30. The number of hydrogen-bond acceptors (Lipinski definition) is 2. The van der Waals surface area contributed by atoms with E-state index in [0.717, 1.165) is 27.8 Å². The lowest BCUT2D eigenvalue weighted by molar-refractivity contribution is -0.118. The average molecular weight is 335 g/mol. The third-order valence-electron chi connectivity index (χ3n) is 4.32. The molecule has 1 aliphatic heterocycles. The molecular formula is C19H17N3OS. The van der Waals surface area contributed by atoms with Crippen molar-refractivity contribution < 1.29 is 4.79 Å². The highest BCUT2D eigenvalue weighted by Gasteiger charge is 2.36. The molecule has 0 aliphatic carbocycles. The number of hydrogen-bond donors (Lipinski definition) is 2. The van der Waals surface area contributed by atoms with Gasteiger partial charge < -0.3 is 10.3 Å². The lowest BCUT2D eigenvalue weighted by Crippen LogP contribution is -2.32. The molecule has 0 bridgehead atoms. The number of aryl methyl sites for hydroxylation is 1. The van der Waals surface area contributed by atoms with E-state index in [2.05, 4.69) is 22.4 Å². The molecule has 4 rings (SSSR count). The van der Waals surface area contributed by atoms with Gasteiger partial charge in [0.05, 0.1) is 5.69 Å². The Bertz CT molecular complexity index is 896. The van der Waals surface area contributed by atoms with Crippen LogP contribution in [0.5, 0.6) is 0 Å². The van der Waals surface area contributed by atoms with Crippen LogP contribution < -0.4 is 10.2 Å². The Morgan fingerprint density at radius 3 is 2.62 bits per heavy atom. The van der Waals surface area contributed by atoms with E-state index in [9.17, 15) is 4.79 Å². The number of carbonyl (C=O) groups excluding carboxylic acids is 1. The van der Waals surface area contributed by atoms with Crippen molar-refractivity contribution in [3.63, 3.8) is 0 Å². The van der Waals surface area contributed by atoms with Gasteiger partial charge >= 0.3 is 0 Å². The molecule has 2 heterocycles. The van der Waals surface area contributed by atoms with Crippen LogP contribution in [0, 0.1) is 6.92 Å². The second kappa shape index (κ2) is 5.76. The molecule has 1 aliphatic rings. The zero-order valence-electron chi connectivity index (χ0n) is 13.2. The number of para-hydroxylation sites is 1. The van der Waals surface area contributed by atoms with E-state index < -0.39 is 0 Å². The summed E-state index contributed by atoms with van der Waals surface area (Å²) >= 11 is 5.37. The van der Waals surface area contributed by atoms with Gasteiger partial charge in [-0.25, -0.2) is 0 Å². The summed E-state index contributed by atoms with van der Waals surface area (Å²) in [5.74, 6) is -0.0116. The second-order valence-electron chi connectivity index (χ2n) is 6.10. The quantitative estimate of drug-likeness (QED) is 0.722. The molecular weight excluding hydrogens is 318 g/mol. The maximum atomic E-state index is 12.8. The highest BCUT2D eigenvalue weighted by molar-refractivity contribution is 7.80. The van der Waals surface area contributed by atoms with E-state index in [0.29, 0.717) is 11.5 Å². The van der Waals surface area contributed by atoms with Gasteiger partial charge in [-0.3, -0.25) is 9.69 Å². The van der Waals surface area contributed by atoms with Crippen LogP contribution in [-0.2, 0) is 11.2 Å². The van der Waals surface area contributed by atoms with E-state index in [1.165, 1.54) is 0 Å². The molecule has 1 saturated heterocycles. The van der Waals surface area contributed by atoms with Gasteiger partial charge in [-0.1, -0.05) is 35.9 Å². The number of nitrogens with one attached hydrogen (secondary N) is 2. The highest BCUT2D eigenvalue weighted by Crippen LogP contribution is 2.23. The van der Waals surface area contributed by atoms with E-state index in [4.69, 9.17) is 12.2 Å². The summed E-state index contributed by atoms with van der Waals surface area (Å²) in [6.07, 6.45) is 0.579. The molecule has 2 aromatic carbocycles. The highest BCUT2D eigenvalue weighted by atomic mass is 32.1. The van der Waals surface area contributed by atoms with Crippen molar-refractivity contribution in [1.29, 1.82) is 0 Å². The van der Waals surface area contributed by atoms with Crippen LogP contribution in [0.25, 0.3) is 10.9 Å². The van der Waals surface area contributed by atoms with Crippen LogP contribution in [-0.4, -0.2) is 22.0 Å². The number of nitrogens with zero attached hydrogens (tertiary/aromatic N) is 1. The van der Waals surface area contributed by atoms with Crippen LogP contribution >= 0.6 is 12.2 Å². The number of rotatable bonds is 3. The molecule has 0 unspecified atom stereocenters. The summed E-state index contributed by atoms with van der Waals surface area (Å²) in [6.45, 7) is 2.02. The number of thiocarbonyl (C=S) groups is 1. The monoisotopic (exact) mass is 335 g/mol. The van der Waals surface area contributed by atoms with Gasteiger partial charge in [0, 0.05) is 17.6 Å². The molecule has 24 heavy (non-hydrogen) atoms. The van der Waals surface area contributed by atoms with Crippen molar-refractivity contribution in [3.8, 4) is 0 Å². The molecule has 0 saturated carbocycles. The lowest BCUT2D eigenvalue weighted by atomic mass is 10.1. The molecule has 0 radical (unpaired) electrons. The van der Waals surface area contributed by atoms with Crippen LogP contribution in [0.1, 0.15) is 11.3 Å². The molecule has 1 atom stereocenters. The molecule has 5 heteroatoms. The van der Waals surface area contributed by atoms with Gasteiger partial charge in [-0.2, -0.15) is 0 Å². The summed E-state index contributed by atoms with van der Waals surface area (Å²) in [6, 6.07) is 17.7. The number of aromatic nitrogens is 1. The average Bonchev–Trinajstić information content (AvgIpc) is 3.09. The summed E-state index contributed by atoms with van der Waals surface area (Å²) in [5.41, 5.74) is 4.06. The summed E-state index contributed by atoms with van der Waals surface area (Å²) in [5, 5.41) is 4.76. The van der Waals surface area contributed by atoms with Crippen molar-refractivity contribution in [2.24, 2.45) is 0 Å². The largest absolute Gasteiger partial charge is 0.358 e. The number of benzene rings is 2. The zero-order valence-corrected chi connectivity index (χ0v) is 14.1. The van der Waals surface area contributed by atoms with Gasteiger partial charge in [0.1, 0.15) is 6.04 Å². The van der Waals surface area contributed by atoms with Crippen LogP contribution in [0.15, 0.2) is 54.6 Å². The van der Waals surface area contributed by atoms with Crippen molar-refractivity contribution >= 4 is 39.8 Å². The predicted octanol–water partition coefficient (Wildman–Crippen LogP) is 3.31. The smallest absolute Gasteiger partial charge is 0.256 e. The fourth-order valence-electron chi connectivity index (χ4n) is 3.07. The number of H-pyrrole nitrogens is 1. The first kappa shape index (κ1) is 14.9. The topological polar surface area (TPSA) is 48.1 Å². The molecule has 120 valence electrons. The number of amides is 1. The molecule has 1 aromatic heterocycles. The minimum absolute atomic E-state index is 0.0116. The number of aromatic amines is 1. The van der Waals surface area contributed by atoms with Crippen LogP contribution in [0.3, 0.4) is 0 Å². The molecule has 2 N–H and O–H groups in total. The van der Waals surface area contributed by atoms with Gasteiger partial charge in [0.15, 0.2) is 5.11 Å². The van der Waals surface area contributed by atoms with Gasteiger partial charge in [-0.15, -0.1) is 0 Å². The molecule has 1 fully saturated rings. The van der Waals surface area contributed by atoms with E-state index in [-0.39, 0.29) is 11.9 Å². The number of anilines is 1. The number of carbonyl (C=O) groups is 1. The summed E-state index contributed by atoms with van der Waals surface area (Å²) < 4.78 is 0. The Kier molecular flexibility index (Phi) is 3.58. The summed E-state index contributed by atoms with van der Waals surface area (Å²) in [4.78, 5) is 17.7. The molecule has 0 spiro atoms. The Hall–Kier alpha value is -2.66. The van der Waals surface area contributed by atoms with E-state index >= 15 is 0 Å². The Morgan fingerprint density at radius 1 is 1.12 bits per heavy atom. The fraction of sp³-hybridized carbons (Fsp3) is 0.158. The minimum atomic E-state index is -0.341. The molecule has 1 amide bonds. The van der Waals surface area contributed by atoms with Crippen molar-refractivity contribution in [2.45, 2.75) is 19.4 Å². The normalized spacial score (nSPS) is 17.5. The first-order chi connectivity index (χ1) is 11.6. The fourth-order valence-corrected chi connectivity index (χ4v) is 3.41. The van der Waals surface area contributed by atoms with Crippen LogP contribution in [0.2, 0.25) is 0 Å². The van der Waals surface area contributed by atoms with Gasteiger partial charge in [0.2, 0.25) is 0 Å². The van der Waals surface area contributed by atoms with Gasteiger partial charge in [0.25, 0.3) is 5.91 Å². The Morgan fingerprint density at radius 2 is 1.88 bits per heavy atom. The maximum Gasteiger partial charge on any atom is 0.256 e. The SMILES string of the molecule is Cc1ccc(N2C(=O)[C@H](Cc3cc4ccccc4[nH]3)NC2=S)cc1. The third kappa shape index (κ3) is 2.57. The molecule has 3 aromatic rings. The van der Waals surface area contributed by atoms with E-state index in [1.807, 2.05) is 49.4 Å². The Balaban J connectivity index is 1.57. The van der Waals surface area contributed by atoms with Crippen molar-refractivity contribution in [1.82, 2.24) is 10.3 Å². The number of fused-ring (bicyclic) bond motifs is 1. The van der Waals surface area contributed by atoms with Crippen molar-refractivity contribution in [2.75, 3.05) is 4.90 Å². The second-order valence-corrected chi connectivity index (χ2v) is 6.48. The summed E-state index contributed by atoms with van der Waals surface area (Å²) in [7, 11) is 0. The van der Waals surface area contributed by atoms with Crippen molar-refractivity contribution in [3.05, 3.63) is 65.9 Å². The lowest BCUT2D eigenvalue weighted by Gasteiger charge is -2.15. The first-order valence-electron chi connectivity index (χ1n) is 7.89. The van der Waals surface area contributed by atoms with Crippen LogP contribution in [0.4, 0.5) is 5.69 Å². The standard InChI is InChI=1S/C19H17N3OS/c1-12-6-8-15(9-7-12)22-18(23)17(21-19(22)24)11-14-10-13-4-2-3-5-16(13)20-14/h2-10,17,20H,11H2,1H3,(H,21,24)/t17-/m0/s1. The van der Waals surface area contributed by atoms with E-state index in [1.54, 1.807) is 4.90 Å².